The summed E-state index contributed by atoms with van der Waals surface area (Å²) in [6.45, 7) is 1.97. The molecule has 0 aliphatic carbocycles. The summed E-state index contributed by atoms with van der Waals surface area (Å²) in [4.78, 5) is 0.147. The van der Waals surface area contributed by atoms with Crippen molar-refractivity contribution in [1.29, 1.82) is 0 Å². The molecule has 0 fully saturated rings. The molecule has 0 saturated heterocycles. The molecule has 9 heteroatoms. The van der Waals surface area contributed by atoms with E-state index in [2.05, 4.69) is 14.8 Å². The molecule has 0 amide bonds. The van der Waals surface area contributed by atoms with Crippen molar-refractivity contribution >= 4 is 20.0 Å². The summed E-state index contributed by atoms with van der Waals surface area (Å²) in [7, 11) is -5.12. The van der Waals surface area contributed by atoms with Gasteiger partial charge in [-0.2, -0.15) is 0 Å². The largest absolute Gasteiger partial charge is 0.313 e. The Labute approximate surface area is 126 Å². The Hall–Kier alpha value is -1.00. The van der Waals surface area contributed by atoms with Crippen molar-refractivity contribution < 1.29 is 16.8 Å². The zero-order valence-electron chi connectivity index (χ0n) is 12.3. The van der Waals surface area contributed by atoms with Gasteiger partial charge < -0.3 is 5.32 Å². The zero-order valence-corrected chi connectivity index (χ0v) is 13.9. The summed E-state index contributed by atoms with van der Waals surface area (Å²) in [6.07, 6.45) is 1.02. The second kappa shape index (κ2) is 7.32. The number of rotatable bonds is 8. The molecule has 7 nitrogen and oxygen atoms in total. The van der Waals surface area contributed by atoms with Crippen LogP contribution < -0.4 is 14.8 Å². The van der Waals surface area contributed by atoms with E-state index in [9.17, 15) is 16.8 Å². The zero-order chi connectivity index (χ0) is 16.1. The highest BCUT2D eigenvalue weighted by Gasteiger charge is 2.14. The van der Waals surface area contributed by atoms with Gasteiger partial charge in [0.2, 0.25) is 20.0 Å². The second-order valence-corrected chi connectivity index (χ2v) is 8.24. The Kier molecular flexibility index (Phi) is 6.29. The third kappa shape index (κ3) is 6.10. The highest BCUT2D eigenvalue weighted by molar-refractivity contribution is 7.89. The van der Waals surface area contributed by atoms with Crippen LogP contribution in [0.1, 0.15) is 18.5 Å². The topological polar surface area (TPSA) is 104 Å². The molecule has 0 aliphatic heterocycles. The van der Waals surface area contributed by atoms with Crippen molar-refractivity contribution in [3.05, 3.63) is 29.8 Å². The maximum absolute atomic E-state index is 12.0. The lowest BCUT2D eigenvalue weighted by molar-refractivity contribution is 0.573. The van der Waals surface area contributed by atoms with Crippen LogP contribution in [-0.4, -0.2) is 43.2 Å². The fourth-order valence-corrected chi connectivity index (χ4v) is 3.11. The van der Waals surface area contributed by atoms with E-state index in [-0.39, 0.29) is 24.0 Å². The summed E-state index contributed by atoms with van der Waals surface area (Å²) in [5.41, 5.74) is 0.982. The van der Waals surface area contributed by atoms with Crippen LogP contribution >= 0.6 is 0 Å². The molecule has 0 radical (unpaired) electrons. The first-order chi connectivity index (χ1) is 9.65. The minimum Gasteiger partial charge on any atom is -0.313 e. The first-order valence-electron chi connectivity index (χ1n) is 6.37. The van der Waals surface area contributed by atoms with Crippen LogP contribution in [0.3, 0.4) is 0 Å². The van der Waals surface area contributed by atoms with Gasteiger partial charge in [-0.15, -0.1) is 0 Å². The first kappa shape index (κ1) is 18.1. The third-order valence-corrected chi connectivity index (χ3v) is 5.11. The molecule has 0 heterocycles. The molecule has 0 aliphatic rings. The first-order valence-corrected chi connectivity index (χ1v) is 9.75. The molecule has 1 aromatic rings. The van der Waals surface area contributed by atoms with Gasteiger partial charge in [0.05, 0.1) is 11.2 Å². The van der Waals surface area contributed by atoms with Crippen LogP contribution in [0.2, 0.25) is 0 Å². The number of nitrogens with one attached hydrogen (secondary N) is 3. The van der Waals surface area contributed by atoms with Gasteiger partial charge in [-0.3, -0.25) is 0 Å². The maximum atomic E-state index is 12.0. The SMILES string of the molecule is CNC(C)c1ccc(S(=O)(=O)NCCNS(C)(=O)=O)cc1. The molecule has 1 atom stereocenters. The van der Waals surface area contributed by atoms with Crippen LogP contribution in [0.15, 0.2) is 29.2 Å². The van der Waals surface area contributed by atoms with E-state index in [1.54, 1.807) is 12.1 Å². The van der Waals surface area contributed by atoms with Crippen LogP contribution in [-0.2, 0) is 20.0 Å². The van der Waals surface area contributed by atoms with Gasteiger partial charge in [0, 0.05) is 19.1 Å². The van der Waals surface area contributed by atoms with E-state index >= 15 is 0 Å². The smallest absolute Gasteiger partial charge is 0.240 e. The van der Waals surface area contributed by atoms with Crippen LogP contribution in [0.25, 0.3) is 0 Å². The lowest BCUT2D eigenvalue weighted by atomic mass is 10.1. The molecule has 0 saturated carbocycles. The molecule has 0 aromatic heterocycles. The average Bonchev–Trinajstić information content (AvgIpc) is 2.42. The Balaban J connectivity index is 2.66. The van der Waals surface area contributed by atoms with Crippen molar-refractivity contribution in [1.82, 2.24) is 14.8 Å². The highest BCUT2D eigenvalue weighted by atomic mass is 32.2. The summed E-state index contributed by atoms with van der Waals surface area (Å²) in [5, 5.41) is 3.07. The lowest BCUT2D eigenvalue weighted by Crippen LogP contribution is -2.34. The second-order valence-electron chi connectivity index (χ2n) is 4.64. The van der Waals surface area contributed by atoms with E-state index in [1.807, 2.05) is 14.0 Å². The maximum Gasteiger partial charge on any atom is 0.240 e. The van der Waals surface area contributed by atoms with Crippen LogP contribution in [0.4, 0.5) is 0 Å². The normalized spacial score (nSPS) is 14.0. The predicted molar refractivity (Wildman–Crippen MR) is 82.0 cm³/mol. The van der Waals surface area contributed by atoms with Crippen molar-refractivity contribution in [3.8, 4) is 0 Å². The minimum atomic E-state index is -3.63. The fraction of sp³-hybridized carbons (Fsp3) is 0.500. The summed E-state index contributed by atoms with van der Waals surface area (Å²) in [5.74, 6) is 0. The third-order valence-electron chi connectivity index (χ3n) is 2.90. The average molecular weight is 335 g/mol. The molecule has 1 unspecified atom stereocenters. The van der Waals surface area contributed by atoms with Gasteiger partial charge in [0.1, 0.15) is 0 Å². The molecule has 0 spiro atoms. The molecular weight excluding hydrogens is 314 g/mol. The number of hydrogen-bond acceptors (Lipinski definition) is 5. The standard InChI is InChI=1S/C12H21N3O4S2/c1-10(13-2)11-4-6-12(7-5-11)21(18,19)15-9-8-14-20(3,16)17/h4-7,10,13-15H,8-9H2,1-3H3. The lowest BCUT2D eigenvalue weighted by Gasteiger charge is -2.12. The van der Waals surface area contributed by atoms with E-state index in [0.29, 0.717) is 0 Å². The van der Waals surface area contributed by atoms with Gasteiger partial charge in [-0.1, -0.05) is 12.1 Å². The van der Waals surface area contributed by atoms with E-state index in [4.69, 9.17) is 0 Å². The Morgan fingerprint density at radius 3 is 2.00 bits per heavy atom. The quantitative estimate of drug-likeness (QED) is 0.571. The predicted octanol–water partition coefficient (Wildman–Crippen LogP) is -0.205. The van der Waals surface area contributed by atoms with Crippen molar-refractivity contribution in [2.24, 2.45) is 0 Å². The van der Waals surface area contributed by atoms with Gasteiger partial charge in [-0.25, -0.2) is 26.3 Å². The monoisotopic (exact) mass is 335 g/mol. The van der Waals surface area contributed by atoms with Crippen molar-refractivity contribution in [2.75, 3.05) is 26.4 Å². The highest BCUT2D eigenvalue weighted by Crippen LogP contribution is 2.15. The van der Waals surface area contributed by atoms with E-state index in [0.717, 1.165) is 11.8 Å². The Morgan fingerprint density at radius 2 is 1.52 bits per heavy atom. The van der Waals surface area contributed by atoms with Gasteiger partial charge in [-0.05, 0) is 31.7 Å². The summed E-state index contributed by atoms with van der Waals surface area (Å²) < 4.78 is 50.3. The van der Waals surface area contributed by atoms with Gasteiger partial charge in [0.25, 0.3) is 0 Å². The van der Waals surface area contributed by atoms with Gasteiger partial charge in [0.15, 0.2) is 0 Å². The van der Waals surface area contributed by atoms with Crippen LogP contribution in [0.5, 0.6) is 0 Å². The number of hydrogen-bond donors (Lipinski definition) is 3. The Morgan fingerprint density at radius 1 is 1.00 bits per heavy atom. The van der Waals surface area contributed by atoms with E-state index in [1.165, 1.54) is 12.1 Å². The number of sulfonamides is 2. The molecule has 3 N–H and O–H groups in total. The molecule has 120 valence electrons. The molecule has 1 rings (SSSR count). The van der Waals surface area contributed by atoms with Gasteiger partial charge >= 0.3 is 0 Å². The molecular formula is C12H21N3O4S2. The minimum absolute atomic E-state index is 0.00688. The van der Waals surface area contributed by atoms with Crippen molar-refractivity contribution in [3.63, 3.8) is 0 Å². The Bertz CT molecular complexity index is 654. The van der Waals surface area contributed by atoms with E-state index < -0.39 is 20.0 Å². The molecule has 1 aromatic carbocycles. The fourth-order valence-electron chi connectivity index (χ4n) is 1.61. The molecule has 21 heavy (non-hydrogen) atoms. The molecule has 0 bridgehead atoms. The van der Waals surface area contributed by atoms with Crippen LogP contribution in [0, 0.1) is 0 Å². The summed E-state index contributed by atoms with van der Waals surface area (Å²) in [6, 6.07) is 6.66. The van der Waals surface area contributed by atoms with Crippen molar-refractivity contribution in [2.45, 2.75) is 17.9 Å². The number of benzene rings is 1. The summed E-state index contributed by atoms with van der Waals surface area (Å²) >= 11 is 0.